The van der Waals surface area contributed by atoms with Crippen LogP contribution in [0.1, 0.15) is 28.7 Å². The maximum Gasteiger partial charge on any atom is 0.119 e. The second-order valence-corrected chi connectivity index (χ2v) is 6.18. The van der Waals surface area contributed by atoms with Crippen LogP contribution in [0.3, 0.4) is 0 Å². The van der Waals surface area contributed by atoms with Gasteiger partial charge in [0.2, 0.25) is 0 Å². The highest BCUT2D eigenvalue weighted by molar-refractivity contribution is 5.77. The molecular formula is C22H21NO. The number of hydroxylamine groups is 1. The summed E-state index contributed by atoms with van der Waals surface area (Å²) in [4.78, 5) is 4.55. The molecule has 2 heteroatoms. The molecule has 120 valence electrons. The van der Waals surface area contributed by atoms with E-state index < -0.39 is 0 Å². The summed E-state index contributed by atoms with van der Waals surface area (Å²) < 4.78 is 0. The highest BCUT2D eigenvalue weighted by Crippen LogP contribution is 2.38. The summed E-state index contributed by atoms with van der Waals surface area (Å²) in [5.41, 5.74) is 11.6. The van der Waals surface area contributed by atoms with E-state index in [9.17, 15) is 0 Å². The van der Waals surface area contributed by atoms with E-state index in [0.717, 1.165) is 0 Å². The molecule has 0 saturated carbocycles. The van der Waals surface area contributed by atoms with Gasteiger partial charge in [0, 0.05) is 6.20 Å². The van der Waals surface area contributed by atoms with Gasteiger partial charge >= 0.3 is 0 Å². The van der Waals surface area contributed by atoms with Crippen molar-refractivity contribution in [3.05, 3.63) is 89.3 Å². The largest absolute Gasteiger partial charge is 0.391 e. The molecule has 0 bridgehead atoms. The van der Waals surface area contributed by atoms with Crippen molar-refractivity contribution >= 4 is 6.08 Å². The summed E-state index contributed by atoms with van der Waals surface area (Å²) in [6.45, 7) is 0. The van der Waals surface area contributed by atoms with Gasteiger partial charge in [0.1, 0.15) is 6.26 Å². The van der Waals surface area contributed by atoms with E-state index in [1.807, 2.05) is 6.08 Å². The molecule has 0 spiro atoms. The quantitative estimate of drug-likeness (QED) is 0.742. The van der Waals surface area contributed by atoms with Crippen LogP contribution in [0.4, 0.5) is 0 Å². The Morgan fingerprint density at radius 2 is 1.79 bits per heavy atom. The van der Waals surface area contributed by atoms with Gasteiger partial charge in [0.05, 0.1) is 0 Å². The van der Waals surface area contributed by atoms with Crippen molar-refractivity contribution in [1.29, 1.82) is 0 Å². The molecule has 0 atom stereocenters. The Morgan fingerprint density at radius 3 is 2.58 bits per heavy atom. The predicted molar refractivity (Wildman–Crippen MR) is 99.1 cm³/mol. The molecule has 0 aromatic heterocycles. The fraction of sp³-hybridized carbons (Fsp3) is 0.182. The molecule has 5 rings (SSSR count). The number of hydrogen-bond acceptors (Lipinski definition) is 2. The lowest BCUT2D eigenvalue weighted by molar-refractivity contribution is 0.172. The van der Waals surface area contributed by atoms with E-state index in [1.54, 1.807) is 29.7 Å². The molecule has 1 aliphatic heterocycles. The zero-order chi connectivity index (χ0) is 16.2. The van der Waals surface area contributed by atoms with Crippen molar-refractivity contribution in [2.75, 3.05) is 0 Å². The third-order valence-corrected chi connectivity index (χ3v) is 4.77. The van der Waals surface area contributed by atoms with Gasteiger partial charge in [0.25, 0.3) is 0 Å². The van der Waals surface area contributed by atoms with Crippen LogP contribution in [-0.4, -0.2) is 0 Å². The van der Waals surface area contributed by atoms with Crippen LogP contribution in [0.15, 0.2) is 67.1 Å². The molecule has 2 aromatic rings. The van der Waals surface area contributed by atoms with Crippen molar-refractivity contribution in [3.63, 3.8) is 0 Å². The van der Waals surface area contributed by atoms with Crippen molar-refractivity contribution in [1.82, 2.24) is 5.48 Å². The van der Waals surface area contributed by atoms with Crippen molar-refractivity contribution in [2.45, 2.75) is 25.7 Å². The molecule has 0 saturated heterocycles. The first-order valence-corrected chi connectivity index (χ1v) is 8.56. The summed E-state index contributed by atoms with van der Waals surface area (Å²) in [7, 11) is 0. The predicted octanol–water partition coefficient (Wildman–Crippen LogP) is 4.96. The fourth-order valence-corrected chi connectivity index (χ4v) is 3.66. The monoisotopic (exact) mass is 315 g/mol. The second kappa shape index (κ2) is 6.79. The minimum Gasteiger partial charge on any atom is -0.391 e. The highest BCUT2D eigenvalue weighted by Gasteiger charge is 2.20. The summed E-state index contributed by atoms with van der Waals surface area (Å²) >= 11 is 0. The lowest BCUT2D eigenvalue weighted by Gasteiger charge is -2.25. The molecule has 0 unspecified atom stereocenters. The SMILES string of the molecule is C1=CNOC=C1.C1=Cc2ccc3c(c2CC1)CCc1ccccc1-3. The van der Waals surface area contributed by atoms with Gasteiger partial charge < -0.3 is 4.84 Å². The number of aryl methyl sites for hydroxylation is 1. The van der Waals surface area contributed by atoms with E-state index in [2.05, 4.69) is 58.9 Å². The molecule has 3 aliphatic rings. The van der Waals surface area contributed by atoms with Crippen molar-refractivity contribution in [3.8, 4) is 11.1 Å². The van der Waals surface area contributed by atoms with Crippen LogP contribution in [0.25, 0.3) is 17.2 Å². The molecule has 2 aliphatic carbocycles. The Balaban J connectivity index is 0.000000207. The van der Waals surface area contributed by atoms with E-state index in [0.29, 0.717) is 0 Å². The van der Waals surface area contributed by atoms with Gasteiger partial charge in [-0.1, -0.05) is 48.6 Å². The molecule has 0 radical (unpaired) electrons. The van der Waals surface area contributed by atoms with Gasteiger partial charge in [-0.05, 0) is 71.2 Å². The average molecular weight is 315 g/mol. The minimum atomic E-state index is 1.20. The lowest BCUT2D eigenvalue weighted by Crippen LogP contribution is -2.09. The van der Waals surface area contributed by atoms with Crippen molar-refractivity contribution < 1.29 is 4.84 Å². The van der Waals surface area contributed by atoms with E-state index >= 15 is 0 Å². The summed E-state index contributed by atoms with van der Waals surface area (Å²) in [5, 5.41) is 0. The Morgan fingerprint density at radius 1 is 0.833 bits per heavy atom. The van der Waals surface area contributed by atoms with Gasteiger partial charge in [-0.15, -0.1) is 0 Å². The number of allylic oxidation sites excluding steroid dienone is 3. The maximum absolute atomic E-state index is 4.55. The molecule has 0 fully saturated rings. The van der Waals surface area contributed by atoms with Crippen molar-refractivity contribution in [2.24, 2.45) is 0 Å². The normalized spacial score (nSPS) is 15.8. The van der Waals surface area contributed by atoms with Crippen LogP contribution in [-0.2, 0) is 24.1 Å². The molecule has 2 nitrogen and oxygen atoms in total. The fourth-order valence-electron chi connectivity index (χ4n) is 3.66. The summed E-state index contributed by atoms with van der Waals surface area (Å²) in [6.07, 6.45) is 16.3. The molecular weight excluding hydrogens is 294 g/mol. The van der Waals surface area contributed by atoms with Crippen LogP contribution < -0.4 is 5.48 Å². The first-order valence-electron chi connectivity index (χ1n) is 8.56. The number of hydrogen-bond donors (Lipinski definition) is 1. The molecule has 0 amide bonds. The van der Waals surface area contributed by atoms with Gasteiger partial charge in [-0.3, -0.25) is 0 Å². The molecule has 24 heavy (non-hydrogen) atoms. The van der Waals surface area contributed by atoms with E-state index in [1.165, 1.54) is 47.9 Å². The average Bonchev–Trinajstić information content (AvgIpc) is 2.69. The third kappa shape index (κ3) is 2.88. The molecule has 2 aromatic carbocycles. The maximum atomic E-state index is 4.55. The highest BCUT2D eigenvalue weighted by atomic mass is 16.6. The topological polar surface area (TPSA) is 21.3 Å². The Labute approximate surface area is 143 Å². The molecule has 1 N–H and O–H groups in total. The molecule has 1 heterocycles. The van der Waals surface area contributed by atoms with Gasteiger partial charge in [0.15, 0.2) is 0 Å². The Hall–Kier alpha value is -2.74. The smallest absolute Gasteiger partial charge is 0.119 e. The van der Waals surface area contributed by atoms with Crippen LogP contribution in [0, 0.1) is 0 Å². The number of nitrogens with one attached hydrogen (secondary N) is 1. The summed E-state index contributed by atoms with van der Waals surface area (Å²) in [6, 6.07) is 13.5. The number of rotatable bonds is 0. The number of benzene rings is 2. The number of fused-ring (bicyclic) bond motifs is 5. The first kappa shape index (κ1) is 14.8. The van der Waals surface area contributed by atoms with E-state index in [-0.39, 0.29) is 0 Å². The minimum absolute atomic E-state index is 1.20. The second-order valence-electron chi connectivity index (χ2n) is 6.18. The van der Waals surface area contributed by atoms with Gasteiger partial charge in [-0.2, -0.15) is 0 Å². The first-order chi connectivity index (χ1) is 11.9. The zero-order valence-electron chi connectivity index (χ0n) is 13.7. The zero-order valence-corrected chi connectivity index (χ0v) is 13.7. The Kier molecular flexibility index (Phi) is 4.20. The Bertz CT molecular complexity index is 818. The van der Waals surface area contributed by atoms with Crippen LogP contribution in [0.2, 0.25) is 0 Å². The van der Waals surface area contributed by atoms with Crippen LogP contribution in [0.5, 0.6) is 0 Å². The van der Waals surface area contributed by atoms with Crippen LogP contribution >= 0.6 is 0 Å². The lowest BCUT2D eigenvalue weighted by atomic mass is 9.80. The van der Waals surface area contributed by atoms with E-state index in [4.69, 9.17) is 0 Å². The third-order valence-electron chi connectivity index (χ3n) is 4.77. The summed E-state index contributed by atoms with van der Waals surface area (Å²) in [5.74, 6) is 0. The standard InChI is InChI=1S/C18H16.C4H5NO/c1-3-7-15-13(5-1)9-11-18-16-8-4-2-6-14(16)10-12-17(15)18;1-2-4-6-5-3-1/h1-3,5-7,10,12H,4,8-9,11H2;1-5H. The van der Waals surface area contributed by atoms with Gasteiger partial charge in [-0.25, -0.2) is 5.48 Å².